The van der Waals surface area contributed by atoms with E-state index in [2.05, 4.69) is 43.0 Å². The summed E-state index contributed by atoms with van der Waals surface area (Å²) in [6.07, 6.45) is 4.50. The van der Waals surface area contributed by atoms with Gasteiger partial charge in [-0.1, -0.05) is 20.8 Å². The molecule has 0 spiro atoms. The van der Waals surface area contributed by atoms with Crippen molar-refractivity contribution in [2.75, 3.05) is 19.6 Å². The van der Waals surface area contributed by atoms with Crippen LogP contribution >= 0.6 is 0 Å². The van der Waals surface area contributed by atoms with Crippen LogP contribution in [0.3, 0.4) is 0 Å². The molecule has 0 saturated carbocycles. The number of aryl methyl sites for hydroxylation is 2. The third-order valence-electron chi connectivity index (χ3n) is 4.83. The fourth-order valence-electron chi connectivity index (χ4n) is 3.37. The Morgan fingerprint density at radius 2 is 1.91 bits per heavy atom. The second-order valence-electron chi connectivity index (χ2n) is 6.54. The number of hydrogen-bond acceptors (Lipinski definition) is 2. The predicted molar refractivity (Wildman–Crippen MR) is 96.8 cm³/mol. The molecule has 130 valence electrons. The Balaban J connectivity index is 2.17. The molecule has 0 atom stereocenters. The highest BCUT2D eigenvalue weighted by molar-refractivity contribution is 5.80. The van der Waals surface area contributed by atoms with Gasteiger partial charge in [-0.05, 0) is 38.5 Å². The second kappa shape index (κ2) is 8.37. The normalized spacial score (nSPS) is 16.9. The first-order chi connectivity index (χ1) is 11.1. The molecule has 0 radical (unpaired) electrons. The SMILES string of the molecule is CCNC(=NCc1c(CC)nn(C)c1CC)N1CCC(C)CC1. The van der Waals surface area contributed by atoms with Gasteiger partial charge in [-0.2, -0.15) is 5.10 Å². The number of hydrogen-bond donors (Lipinski definition) is 1. The highest BCUT2D eigenvalue weighted by Crippen LogP contribution is 2.18. The van der Waals surface area contributed by atoms with Gasteiger partial charge in [0, 0.05) is 37.9 Å². The minimum atomic E-state index is 0.731. The van der Waals surface area contributed by atoms with E-state index in [-0.39, 0.29) is 0 Å². The Kier molecular flexibility index (Phi) is 6.48. The number of rotatable bonds is 5. The maximum absolute atomic E-state index is 4.94. The number of aliphatic imine (C=N–C) groups is 1. The number of aromatic nitrogens is 2. The van der Waals surface area contributed by atoms with E-state index in [4.69, 9.17) is 4.99 Å². The second-order valence-corrected chi connectivity index (χ2v) is 6.54. The summed E-state index contributed by atoms with van der Waals surface area (Å²) < 4.78 is 2.03. The minimum absolute atomic E-state index is 0.731. The maximum Gasteiger partial charge on any atom is 0.194 e. The van der Waals surface area contributed by atoms with Gasteiger partial charge in [-0.3, -0.25) is 4.68 Å². The third kappa shape index (κ3) is 4.27. The summed E-state index contributed by atoms with van der Waals surface area (Å²) in [6.45, 7) is 12.7. The van der Waals surface area contributed by atoms with E-state index in [9.17, 15) is 0 Å². The lowest BCUT2D eigenvalue weighted by Gasteiger charge is -2.33. The van der Waals surface area contributed by atoms with Crippen LogP contribution in [0.2, 0.25) is 0 Å². The van der Waals surface area contributed by atoms with Crippen LogP contribution in [0.4, 0.5) is 0 Å². The largest absolute Gasteiger partial charge is 0.357 e. The van der Waals surface area contributed by atoms with Gasteiger partial charge in [0.05, 0.1) is 12.2 Å². The summed E-state index contributed by atoms with van der Waals surface area (Å²) in [7, 11) is 2.04. The van der Waals surface area contributed by atoms with Crippen LogP contribution in [0, 0.1) is 5.92 Å². The number of nitrogens with one attached hydrogen (secondary N) is 1. The van der Waals surface area contributed by atoms with Crippen LogP contribution in [-0.2, 0) is 26.4 Å². The molecule has 0 unspecified atom stereocenters. The molecule has 23 heavy (non-hydrogen) atoms. The van der Waals surface area contributed by atoms with Gasteiger partial charge in [0.2, 0.25) is 0 Å². The van der Waals surface area contributed by atoms with Gasteiger partial charge in [-0.15, -0.1) is 0 Å². The monoisotopic (exact) mass is 319 g/mol. The molecule has 0 amide bonds. The summed E-state index contributed by atoms with van der Waals surface area (Å²) in [4.78, 5) is 7.35. The van der Waals surface area contributed by atoms with Crippen LogP contribution < -0.4 is 5.32 Å². The Morgan fingerprint density at radius 3 is 2.48 bits per heavy atom. The van der Waals surface area contributed by atoms with Crippen LogP contribution in [-0.4, -0.2) is 40.3 Å². The molecule has 2 rings (SSSR count). The average Bonchev–Trinajstić information content (AvgIpc) is 2.87. The smallest absolute Gasteiger partial charge is 0.194 e. The fraction of sp³-hybridized carbons (Fsp3) is 0.778. The molecule has 1 saturated heterocycles. The zero-order chi connectivity index (χ0) is 16.8. The van der Waals surface area contributed by atoms with Gasteiger partial charge in [0.1, 0.15) is 0 Å². The number of piperidine rings is 1. The molecule has 1 aromatic heterocycles. The topological polar surface area (TPSA) is 45.5 Å². The van der Waals surface area contributed by atoms with Crippen molar-refractivity contribution in [3.63, 3.8) is 0 Å². The van der Waals surface area contributed by atoms with Crippen molar-refractivity contribution in [1.29, 1.82) is 0 Å². The summed E-state index contributed by atoms with van der Waals surface area (Å²) >= 11 is 0. The standard InChI is InChI=1S/C18H33N5/c1-6-16-15(17(7-2)22(5)21-16)13-20-18(19-8-3)23-11-9-14(4)10-12-23/h14H,6-13H2,1-5H3,(H,19,20). The van der Waals surface area contributed by atoms with E-state index >= 15 is 0 Å². The quantitative estimate of drug-likeness (QED) is 0.670. The number of guanidine groups is 1. The molecule has 1 fully saturated rings. The zero-order valence-electron chi connectivity index (χ0n) is 15.5. The number of likely N-dealkylation sites (tertiary alicyclic amines) is 1. The summed E-state index contributed by atoms with van der Waals surface area (Å²) in [5.74, 6) is 1.90. The molecule has 1 N–H and O–H groups in total. The van der Waals surface area contributed by atoms with E-state index in [0.717, 1.165) is 50.9 Å². The van der Waals surface area contributed by atoms with Crippen molar-refractivity contribution in [3.05, 3.63) is 17.0 Å². The minimum Gasteiger partial charge on any atom is -0.357 e. The Hall–Kier alpha value is -1.52. The highest BCUT2D eigenvalue weighted by atomic mass is 15.3. The van der Waals surface area contributed by atoms with Gasteiger partial charge >= 0.3 is 0 Å². The highest BCUT2D eigenvalue weighted by Gasteiger charge is 2.19. The van der Waals surface area contributed by atoms with Crippen molar-refractivity contribution < 1.29 is 0 Å². The van der Waals surface area contributed by atoms with Crippen molar-refractivity contribution in [1.82, 2.24) is 20.0 Å². The Morgan fingerprint density at radius 1 is 1.22 bits per heavy atom. The maximum atomic E-state index is 4.94. The van der Waals surface area contributed by atoms with Crippen LogP contribution in [0.1, 0.15) is 57.5 Å². The van der Waals surface area contributed by atoms with Crippen molar-refractivity contribution in [2.45, 2.75) is 59.9 Å². The van der Waals surface area contributed by atoms with Gasteiger partial charge in [0.25, 0.3) is 0 Å². The van der Waals surface area contributed by atoms with Gasteiger partial charge in [0.15, 0.2) is 5.96 Å². The zero-order valence-corrected chi connectivity index (χ0v) is 15.5. The molecule has 0 bridgehead atoms. The lowest BCUT2D eigenvalue weighted by Crippen LogP contribution is -2.45. The van der Waals surface area contributed by atoms with Gasteiger partial charge in [-0.25, -0.2) is 4.99 Å². The van der Waals surface area contributed by atoms with Crippen molar-refractivity contribution in [2.24, 2.45) is 18.0 Å². The number of nitrogens with zero attached hydrogens (tertiary/aromatic N) is 4. The van der Waals surface area contributed by atoms with Crippen LogP contribution in [0.15, 0.2) is 4.99 Å². The van der Waals surface area contributed by atoms with E-state index in [1.54, 1.807) is 0 Å². The van der Waals surface area contributed by atoms with Crippen molar-refractivity contribution in [3.8, 4) is 0 Å². The van der Waals surface area contributed by atoms with Gasteiger partial charge < -0.3 is 10.2 Å². The Bertz CT molecular complexity index is 524. The molecule has 5 heteroatoms. The molecule has 1 aromatic rings. The first kappa shape index (κ1) is 17.8. The van der Waals surface area contributed by atoms with Crippen LogP contribution in [0.5, 0.6) is 0 Å². The molecule has 1 aliphatic rings. The lowest BCUT2D eigenvalue weighted by molar-refractivity contribution is 0.273. The van der Waals surface area contributed by atoms with E-state index in [1.807, 2.05) is 11.7 Å². The molecular weight excluding hydrogens is 286 g/mol. The fourth-order valence-corrected chi connectivity index (χ4v) is 3.37. The molecule has 5 nitrogen and oxygen atoms in total. The van der Waals surface area contributed by atoms with Crippen molar-refractivity contribution >= 4 is 5.96 Å². The summed E-state index contributed by atoms with van der Waals surface area (Å²) in [5, 5.41) is 8.13. The summed E-state index contributed by atoms with van der Waals surface area (Å²) in [5.41, 5.74) is 3.82. The molecular formula is C18H33N5. The third-order valence-corrected chi connectivity index (χ3v) is 4.83. The molecule has 0 aliphatic carbocycles. The van der Waals surface area contributed by atoms with E-state index in [0.29, 0.717) is 0 Å². The molecule has 0 aromatic carbocycles. The Labute approximate surface area is 141 Å². The lowest BCUT2D eigenvalue weighted by atomic mass is 9.99. The van der Waals surface area contributed by atoms with Crippen LogP contribution in [0.25, 0.3) is 0 Å². The summed E-state index contributed by atoms with van der Waals surface area (Å²) in [6, 6.07) is 0. The average molecular weight is 319 g/mol. The predicted octanol–water partition coefficient (Wildman–Crippen LogP) is 2.74. The van der Waals surface area contributed by atoms with E-state index < -0.39 is 0 Å². The molecule has 1 aliphatic heterocycles. The first-order valence-corrected chi connectivity index (χ1v) is 9.17. The first-order valence-electron chi connectivity index (χ1n) is 9.17. The molecule has 2 heterocycles. The van der Waals surface area contributed by atoms with E-state index in [1.165, 1.54) is 29.8 Å².